The van der Waals surface area contributed by atoms with Crippen molar-refractivity contribution in [3.8, 4) is 5.75 Å². The van der Waals surface area contributed by atoms with E-state index in [1.807, 2.05) is 6.92 Å². The predicted molar refractivity (Wildman–Crippen MR) is 80.8 cm³/mol. The highest BCUT2D eigenvalue weighted by Crippen LogP contribution is 2.18. The zero-order valence-electron chi connectivity index (χ0n) is 12.2. The molecule has 0 amide bonds. The van der Waals surface area contributed by atoms with Gasteiger partial charge in [-0.2, -0.15) is 0 Å². The van der Waals surface area contributed by atoms with Gasteiger partial charge in [0.2, 0.25) is 0 Å². The van der Waals surface area contributed by atoms with Crippen LogP contribution in [0, 0.1) is 0 Å². The maximum atomic E-state index is 5.45. The van der Waals surface area contributed by atoms with E-state index in [1.165, 1.54) is 57.1 Å². The minimum absolute atomic E-state index is 0.744. The van der Waals surface area contributed by atoms with Crippen LogP contribution in [0.1, 0.15) is 51.0 Å². The quantitative estimate of drug-likeness (QED) is 0.644. The minimum Gasteiger partial charge on any atom is -0.494 e. The lowest BCUT2D eigenvalue weighted by Gasteiger charge is -2.05. The Labute approximate surface area is 117 Å². The molecule has 1 aromatic carbocycles. The summed E-state index contributed by atoms with van der Waals surface area (Å²) in [6, 6.07) is 9.42. The number of ether oxygens (including phenoxy) is 1. The summed E-state index contributed by atoms with van der Waals surface area (Å²) in [5, 5.41) is 3.57. The van der Waals surface area contributed by atoms with Crippen LogP contribution in [0.5, 0.6) is 5.75 Å². The molecule has 0 spiro atoms. The molecule has 1 aromatic rings. The zero-order valence-corrected chi connectivity index (χ0v) is 12.2. The molecule has 2 heteroatoms. The van der Waals surface area contributed by atoms with Crippen molar-refractivity contribution >= 4 is 0 Å². The van der Waals surface area contributed by atoms with E-state index in [2.05, 4.69) is 29.6 Å². The van der Waals surface area contributed by atoms with Gasteiger partial charge in [-0.25, -0.2) is 0 Å². The average Bonchev–Trinajstić information content (AvgIpc) is 3.24. The van der Waals surface area contributed by atoms with Crippen LogP contribution in [0.4, 0.5) is 0 Å². The lowest BCUT2D eigenvalue weighted by molar-refractivity contribution is 0.340. The predicted octanol–water partition coefficient (Wildman–Crippen LogP) is 3.94. The minimum atomic E-state index is 0.744. The molecule has 19 heavy (non-hydrogen) atoms. The van der Waals surface area contributed by atoms with Crippen molar-refractivity contribution in [3.63, 3.8) is 0 Å². The molecule has 0 atom stereocenters. The van der Waals surface area contributed by atoms with Crippen LogP contribution in [-0.4, -0.2) is 19.2 Å². The summed E-state index contributed by atoms with van der Waals surface area (Å²) in [6.07, 6.45) is 9.34. The van der Waals surface area contributed by atoms with E-state index in [0.29, 0.717) is 0 Å². The van der Waals surface area contributed by atoms with Gasteiger partial charge < -0.3 is 10.1 Å². The smallest absolute Gasteiger partial charge is 0.119 e. The second-order valence-electron chi connectivity index (χ2n) is 5.47. The first-order valence-electron chi connectivity index (χ1n) is 7.83. The summed E-state index contributed by atoms with van der Waals surface area (Å²) in [5.41, 5.74) is 1.43. The Morgan fingerprint density at radius 1 is 1.05 bits per heavy atom. The molecule has 1 aliphatic carbocycles. The van der Waals surface area contributed by atoms with Crippen molar-refractivity contribution in [3.05, 3.63) is 29.8 Å². The SMILES string of the molecule is CCOc1ccc(CCCCCCNC2CC2)cc1. The average molecular weight is 261 g/mol. The number of nitrogens with one attached hydrogen (secondary N) is 1. The fourth-order valence-corrected chi connectivity index (χ4v) is 2.32. The molecule has 1 saturated carbocycles. The Hall–Kier alpha value is -1.02. The van der Waals surface area contributed by atoms with Gasteiger partial charge in [0.15, 0.2) is 0 Å². The van der Waals surface area contributed by atoms with Crippen LogP contribution in [-0.2, 0) is 6.42 Å². The van der Waals surface area contributed by atoms with E-state index in [9.17, 15) is 0 Å². The van der Waals surface area contributed by atoms with Crippen molar-refractivity contribution in [1.82, 2.24) is 5.32 Å². The molecule has 1 aliphatic rings. The first-order chi connectivity index (χ1) is 9.38. The second kappa shape index (κ2) is 8.21. The van der Waals surface area contributed by atoms with Gasteiger partial charge in [0.1, 0.15) is 5.75 Å². The fraction of sp³-hybridized carbons (Fsp3) is 0.647. The molecule has 0 radical (unpaired) electrons. The monoisotopic (exact) mass is 261 g/mol. The third-order valence-electron chi connectivity index (χ3n) is 3.64. The maximum absolute atomic E-state index is 5.45. The van der Waals surface area contributed by atoms with Crippen molar-refractivity contribution in [2.24, 2.45) is 0 Å². The van der Waals surface area contributed by atoms with Crippen LogP contribution < -0.4 is 10.1 Å². The molecule has 0 bridgehead atoms. The fourth-order valence-electron chi connectivity index (χ4n) is 2.32. The van der Waals surface area contributed by atoms with Gasteiger partial charge in [0.25, 0.3) is 0 Å². The Kier molecular flexibility index (Phi) is 6.22. The summed E-state index contributed by atoms with van der Waals surface area (Å²) in [5.74, 6) is 0.984. The first-order valence-corrected chi connectivity index (χ1v) is 7.83. The van der Waals surface area contributed by atoms with Gasteiger partial charge in [-0.1, -0.05) is 25.0 Å². The van der Waals surface area contributed by atoms with Crippen LogP contribution in [0.3, 0.4) is 0 Å². The Morgan fingerprint density at radius 2 is 1.79 bits per heavy atom. The van der Waals surface area contributed by atoms with E-state index in [4.69, 9.17) is 4.74 Å². The maximum Gasteiger partial charge on any atom is 0.119 e. The number of rotatable bonds is 10. The van der Waals surface area contributed by atoms with E-state index in [-0.39, 0.29) is 0 Å². The highest BCUT2D eigenvalue weighted by atomic mass is 16.5. The number of hydrogen-bond acceptors (Lipinski definition) is 2. The number of benzene rings is 1. The van der Waals surface area contributed by atoms with Crippen molar-refractivity contribution in [2.75, 3.05) is 13.2 Å². The topological polar surface area (TPSA) is 21.3 Å². The lowest BCUT2D eigenvalue weighted by Crippen LogP contribution is -2.17. The van der Waals surface area contributed by atoms with E-state index in [1.54, 1.807) is 0 Å². The Bertz CT molecular complexity index is 343. The highest BCUT2D eigenvalue weighted by Gasteiger charge is 2.19. The highest BCUT2D eigenvalue weighted by molar-refractivity contribution is 5.27. The van der Waals surface area contributed by atoms with Gasteiger partial charge >= 0.3 is 0 Å². The molecule has 0 saturated heterocycles. The third-order valence-corrected chi connectivity index (χ3v) is 3.64. The molecular weight excluding hydrogens is 234 g/mol. The molecule has 2 rings (SSSR count). The number of unbranched alkanes of at least 4 members (excludes halogenated alkanes) is 3. The van der Waals surface area contributed by atoms with Gasteiger partial charge in [0, 0.05) is 6.04 Å². The molecule has 106 valence electrons. The molecular formula is C17H27NO. The van der Waals surface area contributed by atoms with Crippen LogP contribution >= 0.6 is 0 Å². The third kappa shape index (κ3) is 6.11. The molecule has 0 aromatic heterocycles. The van der Waals surface area contributed by atoms with E-state index >= 15 is 0 Å². The number of aryl methyl sites for hydroxylation is 1. The van der Waals surface area contributed by atoms with Gasteiger partial charge in [0.05, 0.1) is 6.61 Å². The summed E-state index contributed by atoms with van der Waals surface area (Å²) < 4.78 is 5.45. The van der Waals surface area contributed by atoms with Crippen molar-refractivity contribution in [1.29, 1.82) is 0 Å². The normalized spacial score (nSPS) is 14.6. The standard InChI is InChI=1S/C17H27NO/c1-2-19-17-12-8-15(9-13-17)7-5-3-4-6-14-18-16-10-11-16/h8-9,12-13,16,18H,2-7,10-11,14H2,1H3. The molecule has 0 heterocycles. The zero-order chi connectivity index (χ0) is 13.3. The van der Waals surface area contributed by atoms with Crippen molar-refractivity contribution < 1.29 is 4.74 Å². The van der Waals surface area contributed by atoms with E-state index < -0.39 is 0 Å². The number of hydrogen-bond donors (Lipinski definition) is 1. The summed E-state index contributed by atoms with van der Waals surface area (Å²) >= 11 is 0. The van der Waals surface area contributed by atoms with Gasteiger partial charge in [-0.15, -0.1) is 0 Å². The van der Waals surface area contributed by atoms with Gasteiger partial charge in [-0.3, -0.25) is 0 Å². The van der Waals surface area contributed by atoms with Gasteiger partial charge in [-0.05, 0) is 63.3 Å². The van der Waals surface area contributed by atoms with Crippen LogP contribution in [0.2, 0.25) is 0 Å². The summed E-state index contributed by atoms with van der Waals surface area (Å²) in [7, 11) is 0. The molecule has 2 nitrogen and oxygen atoms in total. The second-order valence-corrected chi connectivity index (χ2v) is 5.47. The largest absolute Gasteiger partial charge is 0.494 e. The summed E-state index contributed by atoms with van der Waals surface area (Å²) in [6.45, 7) is 3.98. The molecule has 0 unspecified atom stereocenters. The summed E-state index contributed by atoms with van der Waals surface area (Å²) in [4.78, 5) is 0. The first kappa shape index (κ1) is 14.4. The molecule has 0 aliphatic heterocycles. The Morgan fingerprint density at radius 3 is 2.47 bits per heavy atom. The lowest BCUT2D eigenvalue weighted by atomic mass is 10.1. The van der Waals surface area contributed by atoms with Crippen LogP contribution in [0.15, 0.2) is 24.3 Å². The van der Waals surface area contributed by atoms with Crippen molar-refractivity contribution in [2.45, 2.75) is 57.9 Å². The molecule has 1 fully saturated rings. The van der Waals surface area contributed by atoms with E-state index in [0.717, 1.165) is 18.4 Å². The van der Waals surface area contributed by atoms with Crippen LogP contribution in [0.25, 0.3) is 0 Å². The molecule has 1 N–H and O–H groups in total. The Balaban J connectivity index is 1.49.